The van der Waals surface area contributed by atoms with Crippen LogP contribution in [0.4, 0.5) is 0 Å². The Morgan fingerprint density at radius 3 is 2.07 bits per heavy atom. The summed E-state index contributed by atoms with van der Waals surface area (Å²) in [6, 6.07) is 8.07. The van der Waals surface area contributed by atoms with Crippen LogP contribution < -0.4 is 0 Å². The number of carbonyl (C=O) groups is 2. The monoisotopic (exact) mass is 478 g/mol. The Morgan fingerprint density at radius 1 is 0.967 bits per heavy atom. The predicted octanol–water partition coefficient (Wildman–Crippen LogP) is 2.53. The van der Waals surface area contributed by atoms with Crippen LogP contribution in [0.2, 0.25) is 0 Å². The summed E-state index contributed by atoms with van der Waals surface area (Å²) in [6.07, 6.45) is 1.22. The molecule has 7 heteroatoms. The van der Waals surface area contributed by atoms with Gasteiger partial charge >= 0.3 is 0 Å². The SMILES string of the molecule is C[C@@H]1C[C@@H](C)CN(C(=O)CN2CCN(CC(=O)N(C)Cc3ccc(Br)cc3)CC2)C1. The molecule has 0 radical (unpaired) electrons. The molecular formula is C23H35BrN4O2. The van der Waals surface area contributed by atoms with Gasteiger partial charge < -0.3 is 9.80 Å². The second-order valence-electron chi connectivity index (χ2n) is 9.17. The Kier molecular flexibility index (Phi) is 8.31. The number of hydrogen-bond donors (Lipinski definition) is 0. The van der Waals surface area contributed by atoms with E-state index in [-0.39, 0.29) is 11.8 Å². The van der Waals surface area contributed by atoms with Gasteiger partial charge in [-0.25, -0.2) is 0 Å². The normalized spacial score (nSPS) is 23.4. The van der Waals surface area contributed by atoms with Crippen molar-refractivity contribution >= 4 is 27.7 Å². The van der Waals surface area contributed by atoms with Crippen molar-refractivity contribution in [3.63, 3.8) is 0 Å². The number of halogens is 1. The first-order valence-corrected chi connectivity index (χ1v) is 11.8. The van der Waals surface area contributed by atoms with Gasteiger partial charge in [0.2, 0.25) is 11.8 Å². The van der Waals surface area contributed by atoms with Crippen LogP contribution in [0.15, 0.2) is 28.7 Å². The number of benzene rings is 1. The van der Waals surface area contributed by atoms with E-state index in [4.69, 9.17) is 0 Å². The molecule has 0 N–H and O–H groups in total. The zero-order valence-corrected chi connectivity index (χ0v) is 20.1. The van der Waals surface area contributed by atoms with Gasteiger partial charge in [0.05, 0.1) is 13.1 Å². The predicted molar refractivity (Wildman–Crippen MR) is 123 cm³/mol. The highest BCUT2D eigenvalue weighted by atomic mass is 79.9. The van der Waals surface area contributed by atoms with Crippen molar-refractivity contribution in [2.45, 2.75) is 26.8 Å². The van der Waals surface area contributed by atoms with E-state index in [1.165, 1.54) is 6.42 Å². The number of hydrogen-bond acceptors (Lipinski definition) is 4. The number of nitrogens with zero attached hydrogens (tertiary/aromatic N) is 4. The zero-order chi connectivity index (χ0) is 21.7. The number of amides is 2. The fourth-order valence-electron chi connectivity index (χ4n) is 4.53. The molecule has 1 aromatic rings. The zero-order valence-electron chi connectivity index (χ0n) is 18.5. The van der Waals surface area contributed by atoms with Gasteiger partial charge in [0.25, 0.3) is 0 Å². The molecule has 2 heterocycles. The van der Waals surface area contributed by atoms with Crippen LogP contribution in [0.25, 0.3) is 0 Å². The summed E-state index contributed by atoms with van der Waals surface area (Å²) in [7, 11) is 1.86. The number of rotatable bonds is 6. The fourth-order valence-corrected chi connectivity index (χ4v) is 4.79. The lowest BCUT2D eigenvalue weighted by molar-refractivity contribution is -0.136. The Morgan fingerprint density at radius 2 is 1.50 bits per heavy atom. The maximum Gasteiger partial charge on any atom is 0.236 e. The minimum atomic E-state index is 0.138. The van der Waals surface area contributed by atoms with E-state index in [0.29, 0.717) is 31.5 Å². The second kappa shape index (κ2) is 10.7. The third-order valence-electron chi connectivity index (χ3n) is 6.16. The number of piperidine rings is 1. The molecule has 2 aliphatic rings. The van der Waals surface area contributed by atoms with Crippen LogP contribution >= 0.6 is 15.9 Å². The van der Waals surface area contributed by atoms with E-state index in [2.05, 4.69) is 39.6 Å². The van der Waals surface area contributed by atoms with Crippen molar-refractivity contribution in [2.75, 3.05) is 59.4 Å². The average molecular weight is 479 g/mol. The molecule has 2 aliphatic heterocycles. The summed E-state index contributed by atoms with van der Waals surface area (Å²) in [5, 5.41) is 0. The molecule has 2 amide bonds. The number of likely N-dealkylation sites (N-methyl/N-ethyl adjacent to an activating group) is 1. The Bertz CT molecular complexity index is 708. The number of likely N-dealkylation sites (tertiary alicyclic amines) is 1. The maximum atomic E-state index is 12.7. The van der Waals surface area contributed by atoms with E-state index >= 15 is 0 Å². The van der Waals surface area contributed by atoms with Crippen LogP contribution in [0, 0.1) is 11.8 Å². The summed E-state index contributed by atoms with van der Waals surface area (Å²) < 4.78 is 1.04. The molecule has 3 rings (SSSR count). The summed E-state index contributed by atoms with van der Waals surface area (Å²) in [5.41, 5.74) is 1.12. The topological polar surface area (TPSA) is 47.1 Å². The Hall–Kier alpha value is -1.44. The van der Waals surface area contributed by atoms with Crippen LogP contribution in [-0.2, 0) is 16.1 Å². The number of piperazine rings is 1. The van der Waals surface area contributed by atoms with Crippen molar-refractivity contribution in [1.29, 1.82) is 0 Å². The third-order valence-corrected chi connectivity index (χ3v) is 6.69. The van der Waals surface area contributed by atoms with Crippen LogP contribution in [0.3, 0.4) is 0 Å². The van der Waals surface area contributed by atoms with Crippen molar-refractivity contribution in [2.24, 2.45) is 11.8 Å². The first-order chi connectivity index (χ1) is 14.3. The van der Waals surface area contributed by atoms with Crippen LogP contribution in [0.5, 0.6) is 0 Å². The molecule has 2 fully saturated rings. The molecule has 0 unspecified atom stereocenters. The van der Waals surface area contributed by atoms with E-state index in [9.17, 15) is 9.59 Å². The van der Waals surface area contributed by atoms with Crippen LogP contribution in [-0.4, -0.2) is 90.8 Å². The quantitative estimate of drug-likeness (QED) is 0.630. The summed E-state index contributed by atoms with van der Waals surface area (Å²) in [6.45, 7) is 11.2. The molecule has 0 aliphatic carbocycles. The van der Waals surface area contributed by atoms with Crippen molar-refractivity contribution in [1.82, 2.24) is 19.6 Å². The number of carbonyl (C=O) groups excluding carboxylic acids is 2. The van der Waals surface area contributed by atoms with E-state index in [1.54, 1.807) is 4.90 Å². The van der Waals surface area contributed by atoms with Gasteiger partial charge in [-0.05, 0) is 36.0 Å². The molecule has 0 bridgehead atoms. The molecule has 6 nitrogen and oxygen atoms in total. The largest absolute Gasteiger partial charge is 0.341 e. The van der Waals surface area contributed by atoms with E-state index in [1.807, 2.05) is 36.2 Å². The molecule has 166 valence electrons. The molecular weight excluding hydrogens is 444 g/mol. The molecule has 0 spiro atoms. The molecule has 2 saturated heterocycles. The standard InChI is InChI=1S/C23H35BrN4O2/c1-18-12-19(2)14-28(13-18)23(30)17-27-10-8-26(9-11-27)16-22(29)25(3)15-20-4-6-21(24)7-5-20/h4-7,18-19H,8-17H2,1-3H3/t18-,19-/m1/s1. The molecule has 0 aromatic heterocycles. The van der Waals surface area contributed by atoms with Gasteiger partial charge in [-0.15, -0.1) is 0 Å². The molecule has 30 heavy (non-hydrogen) atoms. The van der Waals surface area contributed by atoms with Gasteiger partial charge in [0.1, 0.15) is 0 Å². The maximum absolute atomic E-state index is 12.7. The first-order valence-electron chi connectivity index (χ1n) is 11.0. The highest BCUT2D eigenvalue weighted by Crippen LogP contribution is 2.21. The lowest BCUT2D eigenvalue weighted by Crippen LogP contribution is -2.53. The van der Waals surface area contributed by atoms with Gasteiger partial charge in [-0.3, -0.25) is 19.4 Å². The third kappa shape index (κ3) is 6.79. The lowest BCUT2D eigenvalue weighted by atomic mass is 9.92. The Balaban J connectivity index is 1.39. The Labute approximate surface area is 189 Å². The van der Waals surface area contributed by atoms with Crippen LogP contribution in [0.1, 0.15) is 25.8 Å². The van der Waals surface area contributed by atoms with Crippen molar-refractivity contribution < 1.29 is 9.59 Å². The van der Waals surface area contributed by atoms with E-state index < -0.39 is 0 Å². The summed E-state index contributed by atoms with van der Waals surface area (Å²) in [5.74, 6) is 1.58. The van der Waals surface area contributed by atoms with Gasteiger partial charge in [-0.2, -0.15) is 0 Å². The molecule has 0 saturated carbocycles. The minimum Gasteiger partial charge on any atom is -0.341 e. The van der Waals surface area contributed by atoms with Gasteiger partial charge in [0, 0.05) is 57.3 Å². The molecule has 1 aromatic carbocycles. The van der Waals surface area contributed by atoms with Crippen molar-refractivity contribution in [3.8, 4) is 0 Å². The first kappa shape index (κ1) is 23.2. The highest BCUT2D eigenvalue weighted by molar-refractivity contribution is 9.10. The summed E-state index contributed by atoms with van der Waals surface area (Å²) in [4.78, 5) is 33.6. The minimum absolute atomic E-state index is 0.138. The van der Waals surface area contributed by atoms with Gasteiger partial charge in [0.15, 0.2) is 0 Å². The fraction of sp³-hybridized carbons (Fsp3) is 0.652. The van der Waals surface area contributed by atoms with Crippen molar-refractivity contribution in [3.05, 3.63) is 34.3 Å². The lowest BCUT2D eigenvalue weighted by Gasteiger charge is -2.38. The second-order valence-corrected chi connectivity index (χ2v) is 10.1. The highest BCUT2D eigenvalue weighted by Gasteiger charge is 2.28. The smallest absolute Gasteiger partial charge is 0.236 e. The van der Waals surface area contributed by atoms with Gasteiger partial charge in [-0.1, -0.05) is 41.9 Å². The van der Waals surface area contributed by atoms with E-state index in [0.717, 1.165) is 49.3 Å². The molecule has 2 atom stereocenters. The summed E-state index contributed by atoms with van der Waals surface area (Å²) >= 11 is 3.44. The average Bonchev–Trinajstić information content (AvgIpc) is 2.70.